The van der Waals surface area contributed by atoms with E-state index in [0.717, 1.165) is 13.0 Å². The highest BCUT2D eigenvalue weighted by Crippen LogP contribution is 2.15. The summed E-state index contributed by atoms with van der Waals surface area (Å²) in [5.41, 5.74) is 5.99. The Morgan fingerprint density at radius 2 is 2.13 bits per heavy atom. The highest BCUT2D eigenvalue weighted by Gasteiger charge is 2.24. The molecule has 0 spiro atoms. The average Bonchev–Trinajstić information content (AvgIpc) is 3.03. The zero-order valence-corrected chi connectivity index (χ0v) is 13.5. The first kappa shape index (κ1) is 17.4. The lowest BCUT2D eigenvalue weighted by molar-refractivity contribution is -0.130. The van der Waals surface area contributed by atoms with Crippen molar-refractivity contribution in [1.29, 1.82) is 0 Å². The number of hydrogen-bond donors (Lipinski definition) is 1. The molecule has 1 aliphatic heterocycles. The van der Waals surface area contributed by atoms with Gasteiger partial charge in [0, 0.05) is 19.5 Å². The topological polar surface area (TPSA) is 94.1 Å². The summed E-state index contributed by atoms with van der Waals surface area (Å²) in [7, 11) is 0. The van der Waals surface area contributed by atoms with Gasteiger partial charge in [0.25, 0.3) is 5.56 Å². The van der Waals surface area contributed by atoms with Gasteiger partial charge in [0.05, 0.1) is 11.9 Å². The highest BCUT2D eigenvalue weighted by atomic mass is 35.5. The largest absolute Gasteiger partial charge is 0.342 e. The quantitative estimate of drug-likeness (QED) is 0.872. The lowest BCUT2D eigenvalue weighted by Crippen LogP contribution is -2.32. The lowest BCUT2D eigenvalue weighted by atomic mass is 10.1. The molecule has 1 saturated heterocycles. The van der Waals surface area contributed by atoms with E-state index in [2.05, 4.69) is 10.3 Å². The van der Waals surface area contributed by atoms with Gasteiger partial charge in [0.2, 0.25) is 5.91 Å². The maximum absolute atomic E-state index is 12.3. The smallest absolute Gasteiger partial charge is 0.277 e. The third kappa shape index (κ3) is 3.68. The van der Waals surface area contributed by atoms with Gasteiger partial charge in [-0.1, -0.05) is 17.3 Å². The van der Waals surface area contributed by atoms with E-state index in [-0.39, 0.29) is 36.8 Å². The summed E-state index contributed by atoms with van der Waals surface area (Å²) in [4.78, 5) is 26.3. The van der Waals surface area contributed by atoms with Crippen LogP contribution in [0.2, 0.25) is 0 Å². The monoisotopic (exact) mass is 337 g/mol. The van der Waals surface area contributed by atoms with Crippen LogP contribution in [0.15, 0.2) is 29.1 Å². The number of hydrogen-bond acceptors (Lipinski definition) is 5. The zero-order chi connectivity index (χ0) is 15.5. The van der Waals surface area contributed by atoms with Gasteiger partial charge in [0.15, 0.2) is 0 Å². The summed E-state index contributed by atoms with van der Waals surface area (Å²) in [5, 5.41) is 8.44. The molecule has 1 aromatic carbocycles. The predicted molar refractivity (Wildman–Crippen MR) is 89.4 cm³/mol. The molecule has 0 radical (unpaired) electrons. The SMILES string of the molecule is Cl.NCC1CCN(C(=O)CCn2nnc3ccccc3c2=O)C1. The summed E-state index contributed by atoms with van der Waals surface area (Å²) < 4.78 is 1.26. The molecule has 0 saturated carbocycles. The third-order valence-corrected chi connectivity index (χ3v) is 4.14. The number of rotatable bonds is 4. The maximum Gasteiger partial charge on any atom is 0.277 e. The molecule has 7 nitrogen and oxygen atoms in total. The van der Waals surface area contributed by atoms with Crippen LogP contribution in [0.25, 0.3) is 10.9 Å². The van der Waals surface area contributed by atoms with Crippen molar-refractivity contribution in [1.82, 2.24) is 19.9 Å². The van der Waals surface area contributed by atoms with E-state index in [1.165, 1.54) is 4.68 Å². The summed E-state index contributed by atoms with van der Waals surface area (Å²) in [6.07, 6.45) is 1.21. The van der Waals surface area contributed by atoms with E-state index in [9.17, 15) is 9.59 Å². The van der Waals surface area contributed by atoms with Crippen molar-refractivity contribution in [2.45, 2.75) is 19.4 Å². The molecule has 124 valence electrons. The molecule has 0 aliphatic carbocycles. The van der Waals surface area contributed by atoms with Crippen molar-refractivity contribution in [2.75, 3.05) is 19.6 Å². The van der Waals surface area contributed by atoms with Crippen LogP contribution in [-0.2, 0) is 11.3 Å². The Kier molecular flexibility index (Phi) is 5.68. The van der Waals surface area contributed by atoms with E-state index in [1.54, 1.807) is 18.2 Å². The van der Waals surface area contributed by atoms with Gasteiger partial charge in [-0.25, -0.2) is 4.68 Å². The van der Waals surface area contributed by atoms with Crippen LogP contribution in [0.3, 0.4) is 0 Å². The molecule has 8 heteroatoms. The Labute approximate surface area is 139 Å². The fraction of sp³-hybridized carbons (Fsp3) is 0.467. The van der Waals surface area contributed by atoms with Gasteiger partial charge in [-0.3, -0.25) is 9.59 Å². The normalized spacial score (nSPS) is 17.3. The molecule has 1 amide bonds. The number of likely N-dealkylation sites (tertiary alicyclic amines) is 1. The molecular weight excluding hydrogens is 318 g/mol. The summed E-state index contributed by atoms with van der Waals surface area (Å²) in [5.74, 6) is 0.435. The van der Waals surface area contributed by atoms with E-state index >= 15 is 0 Å². The Bertz CT molecular complexity index is 748. The van der Waals surface area contributed by atoms with Crippen molar-refractivity contribution in [3.05, 3.63) is 34.6 Å². The van der Waals surface area contributed by atoms with Crippen LogP contribution in [0.4, 0.5) is 0 Å². The minimum atomic E-state index is -0.209. The maximum atomic E-state index is 12.3. The molecule has 23 heavy (non-hydrogen) atoms. The van der Waals surface area contributed by atoms with Crippen molar-refractivity contribution < 1.29 is 4.79 Å². The van der Waals surface area contributed by atoms with Crippen LogP contribution >= 0.6 is 12.4 Å². The number of amides is 1. The van der Waals surface area contributed by atoms with E-state index in [1.807, 2.05) is 11.0 Å². The second-order valence-electron chi connectivity index (χ2n) is 5.62. The zero-order valence-electron chi connectivity index (χ0n) is 12.7. The molecule has 1 unspecified atom stereocenters. The summed E-state index contributed by atoms with van der Waals surface area (Å²) in [6.45, 7) is 2.32. The molecule has 1 atom stereocenters. The average molecular weight is 338 g/mol. The van der Waals surface area contributed by atoms with Crippen LogP contribution in [0.5, 0.6) is 0 Å². The number of nitrogens with two attached hydrogens (primary N) is 1. The fourth-order valence-corrected chi connectivity index (χ4v) is 2.78. The number of fused-ring (bicyclic) bond motifs is 1. The first-order valence-electron chi connectivity index (χ1n) is 7.49. The highest BCUT2D eigenvalue weighted by molar-refractivity contribution is 5.85. The van der Waals surface area contributed by atoms with Crippen molar-refractivity contribution >= 4 is 29.2 Å². The molecule has 2 heterocycles. The second-order valence-corrected chi connectivity index (χ2v) is 5.62. The van der Waals surface area contributed by atoms with Gasteiger partial charge in [-0.05, 0) is 31.0 Å². The fourth-order valence-electron chi connectivity index (χ4n) is 2.78. The van der Waals surface area contributed by atoms with Gasteiger partial charge in [-0.15, -0.1) is 17.5 Å². The molecule has 1 fully saturated rings. The molecule has 0 bridgehead atoms. The number of nitrogens with zero attached hydrogens (tertiary/aromatic N) is 4. The molecule has 2 aromatic rings. The van der Waals surface area contributed by atoms with Crippen LogP contribution in [-0.4, -0.2) is 45.4 Å². The first-order chi connectivity index (χ1) is 10.7. The number of aryl methyl sites for hydroxylation is 1. The van der Waals surface area contributed by atoms with Crippen LogP contribution < -0.4 is 11.3 Å². The first-order valence-corrected chi connectivity index (χ1v) is 7.49. The van der Waals surface area contributed by atoms with Gasteiger partial charge in [-0.2, -0.15) is 0 Å². The number of aromatic nitrogens is 3. The van der Waals surface area contributed by atoms with E-state index < -0.39 is 0 Å². The lowest BCUT2D eigenvalue weighted by Gasteiger charge is -2.16. The van der Waals surface area contributed by atoms with Crippen molar-refractivity contribution in [2.24, 2.45) is 11.7 Å². The van der Waals surface area contributed by atoms with Gasteiger partial charge in [0.1, 0.15) is 5.52 Å². The summed E-state index contributed by atoms with van der Waals surface area (Å²) >= 11 is 0. The standard InChI is InChI=1S/C15H19N5O2.ClH/c16-9-11-5-7-19(10-11)14(21)6-8-20-15(22)12-3-1-2-4-13(12)17-18-20;/h1-4,11H,5-10,16H2;1H. The Morgan fingerprint density at radius 3 is 2.87 bits per heavy atom. The minimum Gasteiger partial charge on any atom is -0.342 e. The minimum absolute atomic E-state index is 0. The Morgan fingerprint density at radius 1 is 1.35 bits per heavy atom. The van der Waals surface area contributed by atoms with Crippen LogP contribution in [0.1, 0.15) is 12.8 Å². The van der Waals surface area contributed by atoms with Crippen molar-refractivity contribution in [3.63, 3.8) is 0 Å². The molecule has 1 aliphatic rings. The van der Waals surface area contributed by atoms with Gasteiger partial charge < -0.3 is 10.6 Å². The molecular formula is C15H20ClN5O2. The second kappa shape index (κ2) is 7.52. The summed E-state index contributed by atoms with van der Waals surface area (Å²) in [6, 6.07) is 7.07. The number of carbonyl (C=O) groups is 1. The number of carbonyl (C=O) groups excluding carboxylic acids is 1. The van der Waals surface area contributed by atoms with E-state index in [4.69, 9.17) is 5.73 Å². The molecule has 1 aromatic heterocycles. The number of benzene rings is 1. The van der Waals surface area contributed by atoms with E-state index in [0.29, 0.717) is 29.9 Å². The van der Waals surface area contributed by atoms with Crippen LogP contribution in [0, 0.1) is 5.92 Å². The number of halogens is 1. The molecule has 2 N–H and O–H groups in total. The van der Waals surface area contributed by atoms with Crippen molar-refractivity contribution in [3.8, 4) is 0 Å². The van der Waals surface area contributed by atoms with Gasteiger partial charge >= 0.3 is 0 Å². The molecule has 3 rings (SSSR count). The third-order valence-electron chi connectivity index (χ3n) is 4.14. The Balaban J connectivity index is 0.00000192. The Hall–Kier alpha value is -1.99. The predicted octanol–water partition coefficient (Wildman–Crippen LogP) is 0.411.